The van der Waals surface area contributed by atoms with Gasteiger partial charge in [0.15, 0.2) is 29.7 Å². The molecule has 0 saturated carbocycles. The van der Waals surface area contributed by atoms with Crippen molar-refractivity contribution < 1.29 is 23.9 Å². The molecule has 0 unspecified atom stereocenters. The summed E-state index contributed by atoms with van der Waals surface area (Å²) < 4.78 is 12.2. The van der Waals surface area contributed by atoms with E-state index in [-0.39, 0.29) is 24.1 Å². The molecule has 2 aliphatic carbocycles. The number of rotatable bonds is 7. The van der Waals surface area contributed by atoms with Gasteiger partial charge in [0.25, 0.3) is 5.91 Å². The number of nitrogens with one attached hydrogen (secondary N) is 1. The molecule has 0 saturated heterocycles. The Hall–Kier alpha value is -3.39. The van der Waals surface area contributed by atoms with Crippen molar-refractivity contribution in [1.29, 1.82) is 0 Å². The average Bonchev–Trinajstić information content (AvgIpc) is 2.92. The number of ketones is 2. The van der Waals surface area contributed by atoms with Crippen molar-refractivity contribution in [3.63, 3.8) is 0 Å². The number of ether oxygens (including phenoxy) is 2. The summed E-state index contributed by atoms with van der Waals surface area (Å²) in [5.41, 5.74) is 6.17. The predicted octanol–water partition coefficient (Wildman–Crippen LogP) is 6.22. The van der Waals surface area contributed by atoms with Crippen LogP contribution >= 0.6 is 15.9 Å². The number of halogens is 1. The summed E-state index contributed by atoms with van der Waals surface area (Å²) in [7, 11) is 1.54. The number of Topliss-reactive ketones (excluding diaryl/α,β-unsaturated/α-hetero) is 2. The molecule has 0 atom stereocenters. The van der Waals surface area contributed by atoms with Crippen LogP contribution in [0.25, 0.3) is 0 Å². The second-order valence-electron chi connectivity index (χ2n) is 10.2. The molecule has 1 aliphatic heterocycles. The highest BCUT2D eigenvalue weighted by Crippen LogP contribution is 2.51. The number of hydrogen-bond acceptors (Lipinski definition) is 6. The van der Waals surface area contributed by atoms with Gasteiger partial charge >= 0.3 is 0 Å². The molecule has 8 heteroatoms. The third kappa shape index (κ3) is 5.26. The minimum absolute atomic E-state index is 0.104. The van der Waals surface area contributed by atoms with Crippen LogP contribution in [0, 0.1) is 6.92 Å². The Morgan fingerprint density at radius 2 is 1.62 bits per heavy atom. The lowest BCUT2D eigenvalue weighted by atomic mass is 9.71. The van der Waals surface area contributed by atoms with Crippen LogP contribution < -0.4 is 14.8 Å². The van der Waals surface area contributed by atoms with Crippen molar-refractivity contribution >= 4 is 39.1 Å². The van der Waals surface area contributed by atoms with Crippen LogP contribution in [0.3, 0.4) is 0 Å². The Kier molecular flexibility index (Phi) is 7.93. The highest BCUT2D eigenvalue weighted by atomic mass is 79.9. The lowest BCUT2D eigenvalue weighted by Gasteiger charge is -2.43. The minimum atomic E-state index is -0.442. The standard InChI is InChI=1S/C31H33BrN2O5/c1-4-34-22-7-5-9-24(35)29(22)28(30-23(34)8-6-10-25(30)36)19-15-21(32)31(26(16-19)38-3)39-17-27(37)33-20-13-11-18(2)12-14-20/h11-16,28H,4-10,17H2,1-3H3,(H,33,37). The van der Waals surface area contributed by atoms with Crippen LogP contribution in [0.15, 0.2) is 63.4 Å². The molecule has 0 aromatic heterocycles. The van der Waals surface area contributed by atoms with E-state index >= 15 is 0 Å². The summed E-state index contributed by atoms with van der Waals surface area (Å²) in [5.74, 6) is 0.285. The van der Waals surface area contributed by atoms with Gasteiger partial charge in [-0.3, -0.25) is 14.4 Å². The average molecular weight is 594 g/mol. The second kappa shape index (κ2) is 11.4. The van der Waals surface area contributed by atoms with Crippen molar-refractivity contribution in [2.45, 2.75) is 58.3 Å². The number of amides is 1. The normalized spacial score (nSPS) is 17.7. The van der Waals surface area contributed by atoms with E-state index in [4.69, 9.17) is 9.47 Å². The SMILES string of the molecule is CCN1C2=C(C(=O)CCC2)C(c2cc(Br)c(OCC(=O)Nc3ccc(C)cc3)c(OC)c2)C2=C1CCCC2=O. The van der Waals surface area contributed by atoms with E-state index < -0.39 is 5.92 Å². The Labute approximate surface area is 237 Å². The fraction of sp³-hybridized carbons (Fsp3) is 0.387. The fourth-order valence-corrected chi connectivity index (χ4v) is 6.52. The van der Waals surface area contributed by atoms with Crippen molar-refractivity contribution in [2.75, 3.05) is 25.6 Å². The van der Waals surface area contributed by atoms with Crippen molar-refractivity contribution in [3.8, 4) is 11.5 Å². The van der Waals surface area contributed by atoms with Gasteiger partial charge in [0, 0.05) is 53.5 Å². The Bertz CT molecular complexity index is 1350. The first kappa shape index (κ1) is 27.2. The molecular formula is C31H33BrN2O5. The topological polar surface area (TPSA) is 84.9 Å². The van der Waals surface area contributed by atoms with E-state index in [9.17, 15) is 14.4 Å². The van der Waals surface area contributed by atoms with E-state index in [2.05, 4.69) is 33.1 Å². The van der Waals surface area contributed by atoms with Crippen LogP contribution in [0.5, 0.6) is 11.5 Å². The van der Waals surface area contributed by atoms with Crippen LogP contribution in [-0.4, -0.2) is 42.6 Å². The number of allylic oxidation sites excluding steroid dienone is 4. The molecule has 2 aromatic rings. The van der Waals surface area contributed by atoms with Gasteiger partial charge in [0.1, 0.15) is 0 Å². The molecule has 0 radical (unpaired) electrons. The van der Waals surface area contributed by atoms with Crippen LogP contribution in [0.2, 0.25) is 0 Å². The Morgan fingerprint density at radius 1 is 1.00 bits per heavy atom. The molecule has 2 aromatic carbocycles. The molecule has 0 spiro atoms. The van der Waals surface area contributed by atoms with Gasteiger partial charge in [-0.2, -0.15) is 0 Å². The summed E-state index contributed by atoms with van der Waals surface area (Å²) >= 11 is 3.61. The molecular weight excluding hydrogens is 560 g/mol. The van der Waals surface area contributed by atoms with E-state index in [1.165, 1.54) is 7.11 Å². The Morgan fingerprint density at radius 3 is 2.18 bits per heavy atom. The maximum absolute atomic E-state index is 13.4. The number of nitrogens with zero attached hydrogens (tertiary/aromatic N) is 1. The van der Waals surface area contributed by atoms with Crippen LogP contribution in [0.1, 0.15) is 62.5 Å². The quantitative estimate of drug-likeness (QED) is 0.411. The highest BCUT2D eigenvalue weighted by molar-refractivity contribution is 9.10. The number of aryl methyl sites for hydroxylation is 1. The number of benzene rings is 2. The molecule has 0 bridgehead atoms. The summed E-state index contributed by atoms with van der Waals surface area (Å²) in [6.07, 6.45) is 4.26. The lowest BCUT2D eigenvalue weighted by molar-refractivity contribution is -0.118. The summed E-state index contributed by atoms with van der Waals surface area (Å²) in [5, 5.41) is 2.83. The van der Waals surface area contributed by atoms with Gasteiger partial charge < -0.3 is 19.7 Å². The minimum Gasteiger partial charge on any atom is -0.493 e. The second-order valence-corrected chi connectivity index (χ2v) is 11.0. The number of carbonyl (C=O) groups excluding carboxylic acids is 3. The van der Waals surface area contributed by atoms with Crippen LogP contribution in [0.4, 0.5) is 5.69 Å². The number of carbonyl (C=O) groups is 3. The fourth-order valence-electron chi connectivity index (χ4n) is 5.95. The maximum atomic E-state index is 13.4. The summed E-state index contributed by atoms with van der Waals surface area (Å²) in [4.78, 5) is 41.5. The predicted molar refractivity (Wildman–Crippen MR) is 153 cm³/mol. The van der Waals surface area contributed by atoms with Gasteiger partial charge in [0.2, 0.25) is 0 Å². The first-order valence-electron chi connectivity index (χ1n) is 13.5. The maximum Gasteiger partial charge on any atom is 0.262 e. The third-order valence-corrected chi connectivity index (χ3v) is 8.26. The molecule has 1 amide bonds. The Balaban J connectivity index is 1.48. The van der Waals surface area contributed by atoms with Crippen molar-refractivity contribution in [1.82, 2.24) is 4.90 Å². The highest BCUT2D eigenvalue weighted by Gasteiger charge is 2.43. The zero-order valence-corrected chi connectivity index (χ0v) is 24.2. The van der Waals surface area contributed by atoms with Crippen molar-refractivity contribution in [2.24, 2.45) is 0 Å². The molecule has 1 N–H and O–H groups in total. The lowest BCUT2D eigenvalue weighted by Crippen LogP contribution is -2.39. The molecule has 204 valence electrons. The molecule has 7 nitrogen and oxygen atoms in total. The third-order valence-electron chi connectivity index (χ3n) is 7.67. The van der Waals surface area contributed by atoms with Crippen molar-refractivity contribution in [3.05, 3.63) is 74.5 Å². The van der Waals surface area contributed by atoms with E-state index in [0.29, 0.717) is 34.5 Å². The van der Waals surface area contributed by atoms with Gasteiger partial charge in [0.05, 0.1) is 11.6 Å². The zero-order valence-electron chi connectivity index (χ0n) is 22.6. The van der Waals surface area contributed by atoms with E-state index in [1.54, 1.807) is 0 Å². The first-order chi connectivity index (χ1) is 18.8. The zero-order chi connectivity index (χ0) is 27.7. The van der Waals surface area contributed by atoms with Gasteiger partial charge in [-0.1, -0.05) is 17.7 Å². The van der Waals surface area contributed by atoms with Gasteiger partial charge in [-0.25, -0.2) is 0 Å². The molecule has 5 rings (SSSR count). The molecule has 1 heterocycles. The van der Waals surface area contributed by atoms with E-state index in [0.717, 1.165) is 65.9 Å². The largest absolute Gasteiger partial charge is 0.493 e. The first-order valence-corrected chi connectivity index (χ1v) is 14.3. The molecule has 0 fully saturated rings. The van der Waals surface area contributed by atoms with Crippen LogP contribution in [-0.2, 0) is 14.4 Å². The van der Waals surface area contributed by atoms with Gasteiger partial charge in [-0.05, 0) is 85.3 Å². The van der Waals surface area contributed by atoms with Gasteiger partial charge in [-0.15, -0.1) is 0 Å². The molecule has 3 aliphatic rings. The molecule has 39 heavy (non-hydrogen) atoms. The number of anilines is 1. The summed E-state index contributed by atoms with van der Waals surface area (Å²) in [6.45, 7) is 4.58. The summed E-state index contributed by atoms with van der Waals surface area (Å²) in [6, 6.07) is 11.3. The van der Waals surface area contributed by atoms with E-state index in [1.807, 2.05) is 43.3 Å². The monoisotopic (exact) mass is 592 g/mol. The number of hydrogen-bond donors (Lipinski definition) is 1. The smallest absolute Gasteiger partial charge is 0.262 e. The number of methoxy groups -OCH3 is 1.